The molecule has 116 valence electrons. The lowest BCUT2D eigenvalue weighted by molar-refractivity contribution is -0.179. The Kier molecular flexibility index (Phi) is 3.54. The number of hydrogen-bond acceptors (Lipinski definition) is 5. The first-order valence-electron chi connectivity index (χ1n) is 7.89. The number of rotatable bonds is 6. The van der Waals surface area contributed by atoms with E-state index in [4.69, 9.17) is 9.47 Å². The van der Waals surface area contributed by atoms with Gasteiger partial charge in [-0.15, -0.1) is 0 Å². The first-order chi connectivity index (χ1) is 9.95. The summed E-state index contributed by atoms with van der Waals surface area (Å²) in [6.45, 7) is 3.82. The second-order valence-electron chi connectivity index (χ2n) is 6.74. The third-order valence-electron chi connectivity index (χ3n) is 5.39. The number of ether oxygens (including phenoxy) is 2. The molecule has 5 heteroatoms. The lowest BCUT2D eigenvalue weighted by Crippen LogP contribution is -2.47. The van der Waals surface area contributed by atoms with Gasteiger partial charge in [0.2, 0.25) is 0 Å². The summed E-state index contributed by atoms with van der Waals surface area (Å²) in [6, 6.07) is 0. The maximum atomic E-state index is 12.0. The van der Waals surface area contributed by atoms with E-state index in [9.17, 15) is 14.4 Å². The van der Waals surface area contributed by atoms with Crippen LogP contribution in [0.25, 0.3) is 0 Å². The van der Waals surface area contributed by atoms with Crippen molar-refractivity contribution in [2.75, 3.05) is 0 Å². The predicted molar refractivity (Wildman–Crippen MR) is 73.2 cm³/mol. The highest BCUT2D eigenvalue weighted by Crippen LogP contribution is 2.60. The molecule has 0 aromatic carbocycles. The summed E-state index contributed by atoms with van der Waals surface area (Å²) in [5.74, 6) is 0.0403. The van der Waals surface area contributed by atoms with Crippen LogP contribution in [0.2, 0.25) is 0 Å². The van der Waals surface area contributed by atoms with Gasteiger partial charge in [0.25, 0.3) is 0 Å². The van der Waals surface area contributed by atoms with Gasteiger partial charge in [-0.3, -0.25) is 14.4 Å². The van der Waals surface area contributed by atoms with Crippen molar-refractivity contribution in [2.45, 2.75) is 64.1 Å². The lowest BCUT2D eigenvalue weighted by atomic mass is 9.79. The van der Waals surface area contributed by atoms with Gasteiger partial charge in [0, 0.05) is 24.7 Å². The van der Waals surface area contributed by atoms with Crippen molar-refractivity contribution in [1.82, 2.24) is 0 Å². The first kappa shape index (κ1) is 14.5. The van der Waals surface area contributed by atoms with E-state index in [0.29, 0.717) is 6.42 Å². The normalized spacial score (nSPS) is 39.4. The second-order valence-corrected chi connectivity index (χ2v) is 6.74. The number of esters is 2. The largest absolute Gasteiger partial charge is 0.458 e. The Labute approximate surface area is 124 Å². The van der Waals surface area contributed by atoms with Crippen LogP contribution in [0.1, 0.15) is 52.4 Å². The summed E-state index contributed by atoms with van der Waals surface area (Å²) in [4.78, 5) is 35.3. The van der Waals surface area contributed by atoms with E-state index in [1.54, 1.807) is 0 Å². The number of carbonyl (C=O) groups excluding carboxylic acids is 3. The van der Waals surface area contributed by atoms with E-state index < -0.39 is 5.60 Å². The van der Waals surface area contributed by atoms with Crippen molar-refractivity contribution in [3.63, 3.8) is 0 Å². The molecule has 3 rings (SSSR count). The summed E-state index contributed by atoms with van der Waals surface area (Å²) in [6.07, 6.45) is 3.05. The zero-order valence-corrected chi connectivity index (χ0v) is 12.6. The van der Waals surface area contributed by atoms with E-state index >= 15 is 0 Å². The molecule has 5 nitrogen and oxygen atoms in total. The second kappa shape index (κ2) is 5.11. The van der Waals surface area contributed by atoms with Crippen LogP contribution in [0.4, 0.5) is 0 Å². The summed E-state index contributed by atoms with van der Waals surface area (Å²) in [5, 5.41) is 0. The van der Waals surface area contributed by atoms with Gasteiger partial charge >= 0.3 is 11.9 Å². The molecule has 2 bridgehead atoms. The molecule has 0 aromatic rings. The molecule has 3 fully saturated rings. The average molecular weight is 294 g/mol. The van der Waals surface area contributed by atoms with Crippen LogP contribution in [-0.4, -0.2) is 29.4 Å². The van der Waals surface area contributed by atoms with Crippen LogP contribution >= 0.6 is 0 Å². The fourth-order valence-corrected chi connectivity index (χ4v) is 4.30. The van der Waals surface area contributed by atoms with Crippen molar-refractivity contribution in [3.05, 3.63) is 0 Å². The Morgan fingerprint density at radius 3 is 2.76 bits per heavy atom. The van der Waals surface area contributed by atoms with Gasteiger partial charge in [0.05, 0.1) is 12.3 Å². The zero-order valence-electron chi connectivity index (χ0n) is 12.6. The van der Waals surface area contributed by atoms with Gasteiger partial charge in [-0.05, 0) is 26.2 Å². The summed E-state index contributed by atoms with van der Waals surface area (Å²) < 4.78 is 11.1. The summed E-state index contributed by atoms with van der Waals surface area (Å²) in [5.41, 5.74) is -0.696. The minimum Gasteiger partial charge on any atom is -0.458 e. The molecule has 0 spiro atoms. The third kappa shape index (κ3) is 2.27. The van der Waals surface area contributed by atoms with E-state index in [1.165, 1.54) is 0 Å². The number of carbonyl (C=O) groups is 3. The SMILES string of the molecule is CCCC(=O)CCC(=O)OC1(C)C2CC3C(=O)OC1C3C2. The van der Waals surface area contributed by atoms with Crippen LogP contribution < -0.4 is 0 Å². The molecule has 0 aromatic heterocycles. The molecule has 1 saturated heterocycles. The third-order valence-corrected chi connectivity index (χ3v) is 5.39. The minimum atomic E-state index is -0.696. The molecule has 0 amide bonds. The molecule has 21 heavy (non-hydrogen) atoms. The van der Waals surface area contributed by atoms with Crippen molar-refractivity contribution in [2.24, 2.45) is 17.8 Å². The van der Waals surface area contributed by atoms with Crippen LogP contribution in [0, 0.1) is 17.8 Å². The topological polar surface area (TPSA) is 69.7 Å². The maximum absolute atomic E-state index is 12.0. The Bertz CT molecular complexity index is 485. The molecular weight excluding hydrogens is 272 g/mol. The number of fused-ring (bicyclic) bond motifs is 1. The Balaban J connectivity index is 1.59. The summed E-state index contributed by atoms with van der Waals surface area (Å²) in [7, 11) is 0. The van der Waals surface area contributed by atoms with E-state index in [-0.39, 0.29) is 54.4 Å². The average Bonchev–Trinajstić information content (AvgIpc) is 3.02. The highest BCUT2D eigenvalue weighted by molar-refractivity contribution is 5.83. The Hall–Kier alpha value is -1.39. The van der Waals surface area contributed by atoms with Gasteiger partial charge < -0.3 is 9.47 Å². The van der Waals surface area contributed by atoms with Crippen LogP contribution in [0.3, 0.4) is 0 Å². The molecule has 3 aliphatic rings. The molecule has 5 atom stereocenters. The molecule has 2 aliphatic carbocycles. The van der Waals surface area contributed by atoms with Gasteiger partial charge in [0.15, 0.2) is 0 Å². The lowest BCUT2D eigenvalue weighted by Gasteiger charge is -2.36. The van der Waals surface area contributed by atoms with Crippen molar-refractivity contribution < 1.29 is 23.9 Å². The molecule has 1 heterocycles. The standard InChI is InChI=1S/C16H22O5/c1-3-4-10(17)5-6-13(18)21-16(2)9-7-11-12(8-9)15(19)20-14(11)16/h9,11-12,14H,3-8H2,1-2H3. The zero-order chi connectivity index (χ0) is 15.2. The van der Waals surface area contributed by atoms with E-state index in [1.807, 2.05) is 13.8 Å². The molecule has 1 aliphatic heterocycles. The van der Waals surface area contributed by atoms with Crippen LogP contribution in [0.15, 0.2) is 0 Å². The number of Topliss-reactive ketones (excluding diaryl/α,β-unsaturated/α-hetero) is 1. The first-order valence-corrected chi connectivity index (χ1v) is 7.89. The Morgan fingerprint density at radius 2 is 2.05 bits per heavy atom. The quantitative estimate of drug-likeness (QED) is 0.701. The monoisotopic (exact) mass is 294 g/mol. The molecule has 0 N–H and O–H groups in total. The molecule has 5 unspecified atom stereocenters. The van der Waals surface area contributed by atoms with E-state index in [2.05, 4.69) is 0 Å². The van der Waals surface area contributed by atoms with Gasteiger partial charge in [-0.25, -0.2) is 0 Å². The Morgan fingerprint density at radius 1 is 1.29 bits per heavy atom. The van der Waals surface area contributed by atoms with Gasteiger partial charge in [0.1, 0.15) is 17.5 Å². The number of ketones is 1. The highest BCUT2D eigenvalue weighted by atomic mass is 16.6. The van der Waals surface area contributed by atoms with Crippen molar-refractivity contribution >= 4 is 17.7 Å². The molecule has 2 saturated carbocycles. The smallest absolute Gasteiger partial charge is 0.309 e. The minimum absolute atomic E-state index is 0.0120. The fourth-order valence-electron chi connectivity index (χ4n) is 4.30. The number of hydrogen-bond donors (Lipinski definition) is 0. The molecule has 0 radical (unpaired) electrons. The molecular formula is C16H22O5. The van der Waals surface area contributed by atoms with Gasteiger partial charge in [-0.2, -0.15) is 0 Å². The highest BCUT2D eigenvalue weighted by Gasteiger charge is 2.69. The fraction of sp³-hybridized carbons (Fsp3) is 0.812. The maximum Gasteiger partial charge on any atom is 0.309 e. The van der Waals surface area contributed by atoms with Gasteiger partial charge in [-0.1, -0.05) is 6.92 Å². The predicted octanol–water partition coefficient (Wildman–Crippen LogP) is 2.02. The van der Waals surface area contributed by atoms with Crippen molar-refractivity contribution in [1.29, 1.82) is 0 Å². The van der Waals surface area contributed by atoms with E-state index in [0.717, 1.165) is 19.3 Å². The van der Waals surface area contributed by atoms with Crippen LogP contribution in [-0.2, 0) is 23.9 Å². The summed E-state index contributed by atoms with van der Waals surface area (Å²) >= 11 is 0. The van der Waals surface area contributed by atoms with Crippen molar-refractivity contribution in [3.8, 4) is 0 Å². The van der Waals surface area contributed by atoms with Crippen LogP contribution in [0.5, 0.6) is 0 Å².